The number of hydroxylamine groups is 2. The lowest BCUT2D eigenvalue weighted by Gasteiger charge is -2.37. The first-order valence-electron chi connectivity index (χ1n) is 6.41. The molecule has 108 valence electrons. The van der Waals surface area contributed by atoms with Crippen LogP contribution in [0.2, 0.25) is 0 Å². The first-order valence-corrected chi connectivity index (χ1v) is 7.46. The van der Waals surface area contributed by atoms with Gasteiger partial charge in [-0.3, -0.25) is 4.79 Å². The molecule has 1 fully saturated rings. The van der Waals surface area contributed by atoms with Crippen molar-refractivity contribution in [2.45, 2.75) is 30.9 Å². The summed E-state index contributed by atoms with van der Waals surface area (Å²) in [6.07, 6.45) is 0.678. The number of ether oxygens (including phenoxy) is 1. The number of carbonyl (C=O) groups excluding carboxylic acids is 2. The lowest BCUT2D eigenvalue weighted by molar-refractivity contribution is -0.216. The summed E-state index contributed by atoms with van der Waals surface area (Å²) in [6, 6.07) is 7.76. The number of hydrogen-bond donors (Lipinski definition) is 0. The molecule has 0 N–H and O–H groups in total. The third-order valence-corrected chi connectivity index (χ3v) is 4.19. The Morgan fingerprint density at radius 3 is 2.65 bits per heavy atom. The van der Waals surface area contributed by atoms with Crippen LogP contribution < -0.4 is 4.74 Å². The van der Waals surface area contributed by atoms with Crippen LogP contribution in [0, 0.1) is 0 Å². The van der Waals surface area contributed by atoms with Crippen molar-refractivity contribution in [3.8, 4) is 5.75 Å². The topological polar surface area (TPSA) is 55.8 Å². The van der Waals surface area contributed by atoms with Crippen LogP contribution >= 0.6 is 11.8 Å². The quantitative estimate of drug-likeness (QED) is 0.754. The molecule has 0 aliphatic carbocycles. The van der Waals surface area contributed by atoms with E-state index in [0.29, 0.717) is 6.42 Å². The Hall–Kier alpha value is -1.69. The van der Waals surface area contributed by atoms with Crippen molar-refractivity contribution in [1.29, 1.82) is 0 Å². The Morgan fingerprint density at radius 2 is 2.10 bits per heavy atom. The van der Waals surface area contributed by atoms with E-state index in [0.717, 1.165) is 17.1 Å². The van der Waals surface area contributed by atoms with Crippen molar-refractivity contribution in [2.75, 3.05) is 7.11 Å². The van der Waals surface area contributed by atoms with Crippen molar-refractivity contribution in [2.24, 2.45) is 0 Å². The van der Waals surface area contributed by atoms with Crippen molar-refractivity contribution >= 4 is 23.6 Å². The fraction of sp³-hybridized carbons (Fsp3) is 0.429. The van der Waals surface area contributed by atoms with Gasteiger partial charge >= 0.3 is 5.97 Å². The molecule has 0 saturated carbocycles. The summed E-state index contributed by atoms with van der Waals surface area (Å²) >= 11 is 1.58. The minimum absolute atomic E-state index is 0.0832. The zero-order valence-electron chi connectivity index (χ0n) is 11.5. The van der Waals surface area contributed by atoms with Gasteiger partial charge in [-0.1, -0.05) is 19.1 Å². The zero-order valence-corrected chi connectivity index (χ0v) is 12.3. The van der Waals surface area contributed by atoms with Crippen LogP contribution in [0.4, 0.5) is 0 Å². The number of amides is 1. The third kappa shape index (κ3) is 3.45. The van der Waals surface area contributed by atoms with Crippen LogP contribution in [-0.4, -0.2) is 29.4 Å². The molecule has 0 radical (unpaired) electrons. The van der Waals surface area contributed by atoms with Gasteiger partial charge in [0.25, 0.3) is 5.91 Å². The first-order chi connectivity index (χ1) is 9.63. The SMILES string of the molecule is CCC(=O)ON1C(=O)CC1SCc1ccc(OC)cc1. The molecule has 1 heterocycles. The summed E-state index contributed by atoms with van der Waals surface area (Å²) in [7, 11) is 1.63. The number of methoxy groups -OCH3 is 1. The highest BCUT2D eigenvalue weighted by molar-refractivity contribution is 7.99. The van der Waals surface area contributed by atoms with E-state index >= 15 is 0 Å². The van der Waals surface area contributed by atoms with Gasteiger partial charge in [0.2, 0.25) is 0 Å². The standard InChI is InChI=1S/C14H17NO4S/c1-3-14(17)19-15-12(16)8-13(15)20-9-10-4-6-11(18-2)7-5-10/h4-7,13H,3,8-9H2,1-2H3. The predicted molar refractivity (Wildman–Crippen MR) is 75.9 cm³/mol. The molecule has 1 saturated heterocycles. The number of thioether (sulfide) groups is 1. The monoisotopic (exact) mass is 295 g/mol. The Labute approximate surface area is 122 Å². The second-order valence-electron chi connectivity index (χ2n) is 4.35. The maximum absolute atomic E-state index is 11.4. The Bertz CT molecular complexity index is 488. The van der Waals surface area contributed by atoms with Gasteiger partial charge < -0.3 is 9.57 Å². The molecule has 2 rings (SSSR count). The van der Waals surface area contributed by atoms with Crippen LogP contribution in [0.15, 0.2) is 24.3 Å². The molecule has 6 heteroatoms. The van der Waals surface area contributed by atoms with E-state index in [9.17, 15) is 9.59 Å². The van der Waals surface area contributed by atoms with Gasteiger partial charge in [0.1, 0.15) is 11.1 Å². The molecule has 1 aliphatic rings. The van der Waals surface area contributed by atoms with E-state index in [2.05, 4.69) is 0 Å². The number of rotatable bonds is 6. The van der Waals surface area contributed by atoms with Gasteiger partial charge in [-0.05, 0) is 17.7 Å². The van der Waals surface area contributed by atoms with E-state index < -0.39 is 0 Å². The van der Waals surface area contributed by atoms with Gasteiger partial charge in [-0.2, -0.15) is 5.06 Å². The van der Waals surface area contributed by atoms with Crippen molar-refractivity contribution in [3.05, 3.63) is 29.8 Å². The molecule has 0 aromatic heterocycles. The lowest BCUT2D eigenvalue weighted by Crippen LogP contribution is -2.51. The van der Waals surface area contributed by atoms with Gasteiger partial charge in [0.05, 0.1) is 13.5 Å². The van der Waals surface area contributed by atoms with E-state index in [1.54, 1.807) is 25.8 Å². The Balaban J connectivity index is 1.83. The first kappa shape index (κ1) is 14.7. The van der Waals surface area contributed by atoms with E-state index in [1.807, 2.05) is 24.3 Å². The third-order valence-electron chi connectivity index (χ3n) is 2.95. The van der Waals surface area contributed by atoms with Crippen LogP contribution in [0.5, 0.6) is 5.75 Å². The summed E-state index contributed by atoms with van der Waals surface area (Å²) in [5, 5.41) is 1.10. The maximum atomic E-state index is 11.4. The lowest BCUT2D eigenvalue weighted by atomic mass is 10.2. The molecule has 1 aliphatic heterocycles. The van der Waals surface area contributed by atoms with E-state index in [4.69, 9.17) is 9.57 Å². The fourth-order valence-corrected chi connectivity index (χ4v) is 2.83. The average Bonchev–Trinajstić information content (AvgIpc) is 2.49. The highest BCUT2D eigenvalue weighted by atomic mass is 32.2. The molecule has 1 aromatic rings. The molecular weight excluding hydrogens is 278 g/mol. The predicted octanol–water partition coefficient (Wildman–Crippen LogP) is 2.36. The summed E-state index contributed by atoms with van der Waals surface area (Å²) in [5.74, 6) is 1.05. The average molecular weight is 295 g/mol. The highest BCUT2D eigenvalue weighted by Gasteiger charge is 2.39. The van der Waals surface area contributed by atoms with Crippen LogP contribution in [0.25, 0.3) is 0 Å². The number of β-lactam (4-membered cyclic amide) rings is 1. The van der Waals surface area contributed by atoms with Crippen LogP contribution in [-0.2, 0) is 20.2 Å². The normalized spacial score (nSPS) is 17.6. The number of hydrogen-bond acceptors (Lipinski definition) is 5. The molecular formula is C14H17NO4S. The summed E-state index contributed by atoms with van der Waals surface area (Å²) in [5.41, 5.74) is 1.14. The molecule has 1 atom stereocenters. The summed E-state index contributed by atoms with van der Waals surface area (Å²) in [4.78, 5) is 27.6. The second-order valence-corrected chi connectivity index (χ2v) is 5.52. The Morgan fingerprint density at radius 1 is 1.40 bits per heavy atom. The second kappa shape index (κ2) is 6.65. The van der Waals surface area contributed by atoms with Gasteiger partial charge in [-0.15, -0.1) is 11.8 Å². The molecule has 1 amide bonds. The molecule has 1 unspecified atom stereocenters. The number of benzene rings is 1. The Kier molecular flexibility index (Phi) is 4.89. The summed E-state index contributed by atoms with van der Waals surface area (Å²) in [6.45, 7) is 1.70. The van der Waals surface area contributed by atoms with Crippen LogP contribution in [0.1, 0.15) is 25.3 Å². The molecule has 20 heavy (non-hydrogen) atoms. The zero-order chi connectivity index (χ0) is 14.5. The van der Waals surface area contributed by atoms with Crippen molar-refractivity contribution < 1.29 is 19.2 Å². The van der Waals surface area contributed by atoms with Crippen molar-refractivity contribution in [3.63, 3.8) is 0 Å². The minimum Gasteiger partial charge on any atom is -0.497 e. The highest BCUT2D eigenvalue weighted by Crippen LogP contribution is 2.32. The molecule has 5 nitrogen and oxygen atoms in total. The van der Waals surface area contributed by atoms with Crippen LogP contribution in [0.3, 0.4) is 0 Å². The summed E-state index contributed by atoms with van der Waals surface area (Å²) < 4.78 is 5.10. The number of carbonyl (C=O) groups is 2. The molecule has 0 spiro atoms. The molecule has 1 aromatic carbocycles. The molecule has 0 bridgehead atoms. The van der Waals surface area contributed by atoms with Gasteiger partial charge in [0.15, 0.2) is 0 Å². The fourth-order valence-electron chi connectivity index (χ4n) is 1.70. The van der Waals surface area contributed by atoms with Gasteiger partial charge in [0, 0.05) is 12.2 Å². The minimum atomic E-state index is -0.381. The van der Waals surface area contributed by atoms with Gasteiger partial charge in [-0.25, -0.2) is 4.79 Å². The maximum Gasteiger partial charge on any atom is 0.332 e. The van der Waals surface area contributed by atoms with E-state index in [-0.39, 0.29) is 23.7 Å². The van der Waals surface area contributed by atoms with E-state index in [1.165, 1.54) is 5.06 Å². The smallest absolute Gasteiger partial charge is 0.332 e. The van der Waals surface area contributed by atoms with Crippen molar-refractivity contribution in [1.82, 2.24) is 5.06 Å². The number of nitrogens with zero attached hydrogens (tertiary/aromatic N) is 1. The largest absolute Gasteiger partial charge is 0.497 e.